The molecule has 6 nitrogen and oxygen atoms in total. The van der Waals surface area contributed by atoms with E-state index in [1.165, 1.54) is 24.6 Å². The van der Waals surface area contributed by atoms with E-state index < -0.39 is 0 Å². The second kappa shape index (κ2) is 9.08. The molecule has 0 spiro atoms. The van der Waals surface area contributed by atoms with Crippen molar-refractivity contribution in [3.05, 3.63) is 48.3 Å². The van der Waals surface area contributed by atoms with Crippen molar-refractivity contribution < 1.29 is 9.53 Å². The topological polar surface area (TPSA) is 69.0 Å². The standard InChI is InChI=1S/C20H26N4O2S/c1-4-13-24-18(16-7-8-16)22-23-20(24)27-14(2)19(25)21-12-11-15-5-9-17(26-3)10-6-15/h4-6,9-10,14,16H,1,7-8,11-13H2,2-3H3,(H,21,25). The summed E-state index contributed by atoms with van der Waals surface area (Å²) in [5.41, 5.74) is 1.16. The van der Waals surface area contributed by atoms with Crippen molar-refractivity contribution in [1.82, 2.24) is 20.1 Å². The minimum absolute atomic E-state index is 0.00892. The van der Waals surface area contributed by atoms with E-state index in [9.17, 15) is 4.79 Å². The molecule has 2 aromatic rings. The molecule has 1 saturated carbocycles. The van der Waals surface area contributed by atoms with Crippen LogP contribution in [0.3, 0.4) is 0 Å². The van der Waals surface area contributed by atoms with Crippen LogP contribution in [0.15, 0.2) is 42.1 Å². The summed E-state index contributed by atoms with van der Waals surface area (Å²) in [5.74, 6) is 2.38. The normalized spacial score (nSPS) is 14.6. The highest BCUT2D eigenvalue weighted by Crippen LogP contribution is 2.40. The van der Waals surface area contributed by atoms with E-state index in [0.717, 1.165) is 28.7 Å². The van der Waals surface area contributed by atoms with Gasteiger partial charge in [-0.2, -0.15) is 0 Å². The Labute approximate surface area is 164 Å². The summed E-state index contributed by atoms with van der Waals surface area (Å²) in [5, 5.41) is 12.2. The van der Waals surface area contributed by atoms with Crippen molar-refractivity contribution in [2.45, 2.75) is 49.1 Å². The van der Waals surface area contributed by atoms with E-state index in [0.29, 0.717) is 19.0 Å². The van der Waals surface area contributed by atoms with Crippen LogP contribution in [-0.2, 0) is 17.8 Å². The van der Waals surface area contributed by atoms with E-state index in [1.807, 2.05) is 37.3 Å². The highest BCUT2D eigenvalue weighted by Gasteiger charge is 2.30. The maximum atomic E-state index is 12.4. The molecule has 1 aromatic carbocycles. The van der Waals surface area contributed by atoms with Gasteiger partial charge >= 0.3 is 0 Å². The summed E-state index contributed by atoms with van der Waals surface area (Å²) in [7, 11) is 1.65. The molecule has 0 bridgehead atoms. The van der Waals surface area contributed by atoms with Crippen LogP contribution in [-0.4, -0.2) is 39.6 Å². The smallest absolute Gasteiger partial charge is 0.233 e. The van der Waals surface area contributed by atoms with Gasteiger partial charge in [0, 0.05) is 19.0 Å². The SMILES string of the molecule is C=CCn1c(SC(C)C(=O)NCCc2ccc(OC)cc2)nnc1C1CC1. The second-order valence-corrected chi connectivity index (χ2v) is 7.97. The van der Waals surface area contributed by atoms with E-state index >= 15 is 0 Å². The monoisotopic (exact) mass is 386 g/mol. The molecule has 1 aliphatic rings. The number of carbonyl (C=O) groups is 1. The lowest BCUT2D eigenvalue weighted by Crippen LogP contribution is -2.32. The summed E-state index contributed by atoms with van der Waals surface area (Å²) in [6.45, 7) is 6.99. The molecule has 1 fully saturated rings. The molecule has 1 unspecified atom stereocenters. The summed E-state index contributed by atoms with van der Waals surface area (Å²) in [4.78, 5) is 12.4. The van der Waals surface area contributed by atoms with E-state index in [4.69, 9.17) is 4.74 Å². The maximum Gasteiger partial charge on any atom is 0.233 e. The van der Waals surface area contributed by atoms with Gasteiger partial charge in [-0.15, -0.1) is 16.8 Å². The Morgan fingerprint density at radius 3 is 2.78 bits per heavy atom. The van der Waals surface area contributed by atoms with Crippen LogP contribution in [0.2, 0.25) is 0 Å². The molecule has 0 saturated heterocycles. The molecular formula is C20H26N4O2S. The average Bonchev–Trinajstić information content (AvgIpc) is 3.45. The van der Waals surface area contributed by atoms with Gasteiger partial charge in [-0.25, -0.2) is 0 Å². The van der Waals surface area contributed by atoms with Crippen LogP contribution in [0.4, 0.5) is 0 Å². The van der Waals surface area contributed by atoms with Crippen molar-refractivity contribution in [2.24, 2.45) is 0 Å². The minimum atomic E-state index is -0.235. The van der Waals surface area contributed by atoms with Gasteiger partial charge in [0.25, 0.3) is 0 Å². The number of amides is 1. The first-order valence-electron chi connectivity index (χ1n) is 9.23. The van der Waals surface area contributed by atoms with E-state index in [1.54, 1.807) is 7.11 Å². The number of methoxy groups -OCH3 is 1. The predicted octanol–water partition coefficient (Wildman–Crippen LogP) is 3.19. The molecular weight excluding hydrogens is 360 g/mol. The van der Waals surface area contributed by atoms with Gasteiger partial charge in [-0.05, 0) is 43.9 Å². The number of rotatable bonds is 10. The third-order valence-electron chi connectivity index (χ3n) is 4.52. The molecule has 1 aromatic heterocycles. The number of hydrogen-bond acceptors (Lipinski definition) is 5. The Kier molecular flexibility index (Phi) is 6.55. The van der Waals surface area contributed by atoms with Crippen molar-refractivity contribution in [1.29, 1.82) is 0 Å². The third kappa shape index (κ3) is 5.13. The van der Waals surface area contributed by atoms with E-state index in [2.05, 4.69) is 26.7 Å². The average molecular weight is 387 g/mol. The fourth-order valence-corrected chi connectivity index (χ4v) is 3.70. The van der Waals surface area contributed by atoms with Crippen molar-refractivity contribution in [3.8, 4) is 5.75 Å². The van der Waals surface area contributed by atoms with Crippen LogP contribution in [0.25, 0.3) is 0 Å². The number of aromatic nitrogens is 3. The summed E-state index contributed by atoms with van der Waals surface area (Å²) in [6.07, 6.45) is 4.97. The number of ether oxygens (including phenoxy) is 1. The number of carbonyl (C=O) groups excluding carboxylic acids is 1. The van der Waals surface area contributed by atoms with Crippen LogP contribution >= 0.6 is 11.8 Å². The predicted molar refractivity (Wildman–Crippen MR) is 107 cm³/mol. The number of nitrogens with zero attached hydrogens (tertiary/aromatic N) is 3. The number of benzene rings is 1. The van der Waals surface area contributed by atoms with Crippen LogP contribution in [0.1, 0.15) is 37.1 Å². The second-order valence-electron chi connectivity index (χ2n) is 6.66. The molecule has 3 rings (SSSR count). The molecule has 0 aliphatic heterocycles. The molecule has 1 amide bonds. The number of hydrogen-bond donors (Lipinski definition) is 1. The Bertz CT molecular complexity index is 784. The maximum absolute atomic E-state index is 12.4. The summed E-state index contributed by atoms with van der Waals surface area (Å²) in [6, 6.07) is 7.89. The van der Waals surface area contributed by atoms with Gasteiger partial charge in [0.2, 0.25) is 5.91 Å². The fraction of sp³-hybridized carbons (Fsp3) is 0.450. The molecule has 27 heavy (non-hydrogen) atoms. The van der Waals surface area contributed by atoms with Gasteiger partial charge < -0.3 is 14.6 Å². The number of allylic oxidation sites excluding steroid dienone is 1. The first kappa shape index (κ1) is 19.5. The molecule has 7 heteroatoms. The summed E-state index contributed by atoms with van der Waals surface area (Å²) >= 11 is 1.45. The fourth-order valence-electron chi connectivity index (χ4n) is 2.81. The Morgan fingerprint density at radius 2 is 2.15 bits per heavy atom. The quantitative estimate of drug-likeness (QED) is 0.502. The van der Waals surface area contributed by atoms with Gasteiger partial charge in [0.1, 0.15) is 11.6 Å². The zero-order chi connectivity index (χ0) is 19.2. The van der Waals surface area contributed by atoms with Crippen molar-refractivity contribution in [3.63, 3.8) is 0 Å². The summed E-state index contributed by atoms with van der Waals surface area (Å²) < 4.78 is 7.24. The lowest BCUT2D eigenvalue weighted by Gasteiger charge is -2.13. The van der Waals surface area contributed by atoms with Gasteiger partial charge in [0.05, 0.1) is 12.4 Å². The molecule has 1 N–H and O–H groups in total. The highest BCUT2D eigenvalue weighted by atomic mass is 32.2. The number of nitrogens with one attached hydrogen (secondary N) is 1. The molecule has 1 atom stereocenters. The Hall–Kier alpha value is -2.28. The lowest BCUT2D eigenvalue weighted by atomic mass is 10.1. The first-order chi connectivity index (χ1) is 13.1. The van der Waals surface area contributed by atoms with Crippen LogP contribution < -0.4 is 10.1 Å². The van der Waals surface area contributed by atoms with Crippen molar-refractivity contribution in [2.75, 3.05) is 13.7 Å². The molecule has 144 valence electrons. The Morgan fingerprint density at radius 1 is 1.41 bits per heavy atom. The minimum Gasteiger partial charge on any atom is -0.497 e. The molecule has 1 aliphatic carbocycles. The van der Waals surface area contributed by atoms with Gasteiger partial charge in [-0.1, -0.05) is 30.0 Å². The zero-order valence-electron chi connectivity index (χ0n) is 15.9. The molecule has 0 radical (unpaired) electrons. The highest BCUT2D eigenvalue weighted by molar-refractivity contribution is 8.00. The zero-order valence-corrected chi connectivity index (χ0v) is 16.7. The first-order valence-corrected chi connectivity index (χ1v) is 10.1. The van der Waals surface area contributed by atoms with Crippen LogP contribution in [0.5, 0.6) is 5.75 Å². The van der Waals surface area contributed by atoms with Crippen molar-refractivity contribution >= 4 is 17.7 Å². The van der Waals surface area contributed by atoms with Gasteiger partial charge in [-0.3, -0.25) is 4.79 Å². The molecule has 1 heterocycles. The Balaban J connectivity index is 1.50. The largest absolute Gasteiger partial charge is 0.497 e. The van der Waals surface area contributed by atoms with Gasteiger partial charge in [0.15, 0.2) is 5.16 Å². The lowest BCUT2D eigenvalue weighted by molar-refractivity contribution is -0.120. The number of thioether (sulfide) groups is 1. The third-order valence-corrected chi connectivity index (χ3v) is 5.60. The van der Waals surface area contributed by atoms with Crippen LogP contribution in [0, 0.1) is 0 Å². The van der Waals surface area contributed by atoms with E-state index in [-0.39, 0.29) is 11.2 Å².